The molecule has 0 saturated heterocycles. The van der Waals surface area contributed by atoms with Crippen LogP contribution in [-0.2, 0) is 0 Å². The minimum atomic E-state index is -1.53. The van der Waals surface area contributed by atoms with Crippen molar-refractivity contribution >= 4 is 17.3 Å². The van der Waals surface area contributed by atoms with Gasteiger partial charge in [-0.15, -0.1) is 0 Å². The highest BCUT2D eigenvalue weighted by molar-refractivity contribution is 6.32. The molecule has 0 aliphatic heterocycles. The van der Waals surface area contributed by atoms with Crippen LogP contribution >= 0.6 is 11.6 Å². The number of para-hydroxylation sites is 1. The molecule has 0 aliphatic rings. The van der Waals surface area contributed by atoms with Gasteiger partial charge in [0.25, 0.3) is 0 Å². The first-order chi connectivity index (χ1) is 9.95. The van der Waals surface area contributed by atoms with Gasteiger partial charge in [-0.1, -0.05) is 17.7 Å². The largest absolute Gasteiger partial charge is 0.444 e. The quantitative estimate of drug-likeness (QED) is 0.629. The molecule has 0 aromatic heterocycles. The van der Waals surface area contributed by atoms with E-state index >= 15 is 0 Å². The Morgan fingerprint density at radius 1 is 1.24 bits per heavy atom. The van der Waals surface area contributed by atoms with Gasteiger partial charge in [-0.3, -0.25) is 10.1 Å². The Bertz CT molecular complexity index is 775. The van der Waals surface area contributed by atoms with Crippen molar-refractivity contribution in [3.05, 3.63) is 62.7 Å². The Morgan fingerprint density at radius 3 is 2.57 bits per heavy atom. The molecule has 0 bridgehead atoms. The summed E-state index contributed by atoms with van der Waals surface area (Å²) in [5, 5.41) is 19.7. The molecule has 0 heterocycles. The summed E-state index contributed by atoms with van der Waals surface area (Å²) < 4.78 is 32.0. The number of rotatable bonds is 3. The summed E-state index contributed by atoms with van der Waals surface area (Å²) >= 11 is 5.82. The minimum absolute atomic E-state index is 0.0630. The molecular weight excluding hydrogens is 306 g/mol. The maximum absolute atomic E-state index is 13.7. The van der Waals surface area contributed by atoms with Crippen LogP contribution in [0, 0.1) is 33.1 Å². The summed E-state index contributed by atoms with van der Waals surface area (Å²) in [6.45, 7) is 0. The first-order valence-electron chi connectivity index (χ1n) is 5.44. The molecule has 0 spiro atoms. The second-order valence-electron chi connectivity index (χ2n) is 3.80. The number of hydrogen-bond donors (Lipinski definition) is 0. The van der Waals surface area contributed by atoms with Gasteiger partial charge in [-0.05, 0) is 18.2 Å². The second-order valence-corrected chi connectivity index (χ2v) is 4.20. The molecule has 0 N–H and O–H groups in total. The lowest BCUT2D eigenvalue weighted by Gasteiger charge is -2.10. The lowest BCUT2D eigenvalue weighted by molar-refractivity contribution is -0.385. The standard InChI is InChI=1S/C13H5ClF2N2O3/c14-8-3-1-2-7(6-17)12(8)21-13-10(18(19)20)5-4-9(15)11(13)16/h1-5H. The molecule has 2 aromatic rings. The zero-order chi connectivity index (χ0) is 15.6. The minimum Gasteiger partial charge on any atom is -0.444 e. The number of benzene rings is 2. The Balaban J connectivity index is 2.63. The van der Waals surface area contributed by atoms with Crippen molar-refractivity contribution in [2.75, 3.05) is 0 Å². The number of nitro benzene ring substituents is 1. The van der Waals surface area contributed by atoms with Crippen LogP contribution < -0.4 is 4.74 Å². The number of halogens is 3. The third-order valence-electron chi connectivity index (χ3n) is 2.52. The van der Waals surface area contributed by atoms with Gasteiger partial charge in [0.1, 0.15) is 6.07 Å². The first kappa shape index (κ1) is 14.7. The summed E-state index contributed by atoms with van der Waals surface area (Å²) in [5.74, 6) is -4.08. The fourth-order valence-corrected chi connectivity index (χ4v) is 1.78. The predicted octanol–water partition coefficient (Wildman–Crippen LogP) is 4.19. The normalized spacial score (nSPS) is 10.0. The van der Waals surface area contributed by atoms with Gasteiger partial charge >= 0.3 is 5.69 Å². The van der Waals surface area contributed by atoms with Crippen LogP contribution in [0.5, 0.6) is 11.5 Å². The molecule has 0 fully saturated rings. The Labute approximate surface area is 122 Å². The maximum atomic E-state index is 13.7. The highest BCUT2D eigenvalue weighted by Gasteiger charge is 2.25. The second kappa shape index (κ2) is 5.73. The smallest absolute Gasteiger partial charge is 0.314 e. The van der Waals surface area contributed by atoms with E-state index in [2.05, 4.69) is 0 Å². The molecule has 0 aliphatic carbocycles. The van der Waals surface area contributed by atoms with E-state index in [9.17, 15) is 18.9 Å². The van der Waals surface area contributed by atoms with E-state index in [-0.39, 0.29) is 16.3 Å². The van der Waals surface area contributed by atoms with Gasteiger partial charge < -0.3 is 4.74 Å². The van der Waals surface area contributed by atoms with Gasteiger partial charge in [0.05, 0.1) is 15.5 Å². The predicted molar refractivity (Wildman–Crippen MR) is 69.3 cm³/mol. The van der Waals surface area contributed by atoms with Crippen molar-refractivity contribution in [3.8, 4) is 17.6 Å². The summed E-state index contributed by atoms with van der Waals surface area (Å²) in [4.78, 5) is 9.92. The molecule has 0 atom stereocenters. The van der Waals surface area contributed by atoms with Gasteiger partial charge in [-0.25, -0.2) is 4.39 Å². The van der Waals surface area contributed by atoms with E-state index in [0.29, 0.717) is 6.07 Å². The lowest BCUT2D eigenvalue weighted by atomic mass is 10.2. The number of ether oxygens (including phenoxy) is 1. The monoisotopic (exact) mass is 310 g/mol. The third kappa shape index (κ3) is 2.75. The van der Waals surface area contributed by atoms with Gasteiger partial charge in [0, 0.05) is 6.07 Å². The molecule has 106 valence electrons. The van der Waals surface area contributed by atoms with Crippen molar-refractivity contribution in [1.29, 1.82) is 5.26 Å². The van der Waals surface area contributed by atoms with Crippen LogP contribution in [-0.4, -0.2) is 4.92 Å². The zero-order valence-corrected chi connectivity index (χ0v) is 10.9. The highest BCUT2D eigenvalue weighted by atomic mass is 35.5. The summed E-state index contributed by atoms with van der Waals surface area (Å²) in [6, 6.07) is 7.23. The Morgan fingerprint density at radius 2 is 1.95 bits per heavy atom. The fraction of sp³-hybridized carbons (Fsp3) is 0. The fourth-order valence-electron chi connectivity index (χ4n) is 1.57. The highest BCUT2D eigenvalue weighted by Crippen LogP contribution is 2.39. The van der Waals surface area contributed by atoms with Crippen molar-refractivity contribution < 1.29 is 18.4 Å². The SMILES string of the molecule is N#Cc1cccc(Cl)c1Oc1c([N+](=O)[O-])ccc(F)c1F. The average Bonchev–Trinajstić information content (AvgIpc) is 2.45. The summed E-state index contributed by atoms with van der Waals surface area (Å²) in [7, 11) is 0. The van der Waals surface area contributed by atoms with Crippen LogP contribution in [0.3, 0.4) is 0 Å². The van der Waals surface area contributed by atoms with Crippen molar-refractivity contribution in [1.82, 2.24) is 0 Å². The molecule has 0 saturated carbocycles. The molecule has 0 unspecified atom stereocenters. The number of nitro groups is 1. The Hall–Kier alpha value is -2.72. The zero-order valence-electron chi connectivity index (χ0n) is 10.1. The molecule has 5 nitrogen and oxygen atoms in total. The van der Waals surface area contributed by atoms with Crippen LogP contribution in [0.4, 0.5) is 14.5 Å². The van der Waals surface area contributed by atoms with Crippen LogP contribution in [0.25, 0.3) is 0 Å². The van der Waals surface area contributed by atoms with Crippen LogP contribution in [0.1, 0.15) is 5.56 Å². The molecule has 8 heteroatoms. The number of nitriles is 1. The van der Waals surface area contributed by atoms with E-state index in [1.54, 1.807) is 6.07 Å². The number of hydrogen-bond acceptors (Lipinski definition) is 4. The van der Waals surface area contributed by atoms with Crippen molar-refractivity contribution in [2.24, 2.45) is 0 Å². The maximum Gasteiger partial charge on any atom is 0.314 e. The first-order valence-corrected chi connectivity index (χ1v) is 5.82. The third-order valence-corrected chi connectivity index (χ3v) is 2.82. The van der Waals surface area contributed by atoms with Crippen molar-refractivity contribution in [2.45, 2.75) is 0 Å². The topological polar surface area (TPSA) is 76.2 Å². The average molecular weight is 311 g/mol. The molecule has 2 rings (SSSR count). The molecule has 0 amide bonds. The van der Waals surface area contributed by atoms with Gasteiger partial charge in [0.15, 0.2) is 11.6 Å². The Kier molecular flexibility index (Phi) is 4.00. The van der Waals surface area contributed by atoms with Gasteiger partial charge in [0.2, 0.25) is 11.6 Å². The van der Waals surface area contributed by atoms with E-state index in [1.807, 2.05) is 0 Å². The summed E-state index contributed by atoms with van der Waals surface area (Å²) in [5.41, 5.74) is -0.849. The summed E-state index contributed by atoms with van der Waals surface area (Å²) in [6.07, 6.45) is 0. The van der Waals surface area contributed by atoms with Crippen LogP contribution in [0.2, 0.25) is 5.02 Å². The van der Waals surface area contributed by atoms with E-state index < -0.39 is 28.0 Å². The molecule has 21 heavy (non-hydrogen) atoms. The lowest BCUT2D eigenvalue weighted by Crippen LogP contribution is -2.00. The van der Waals surface area contributed by atoms with Crippen LogP contribution in [0.15, 0.2) is 30.3 Å². The van der Waals surface area contributed by atoms with Gasteiger partial charge in [-0.2, -0.15) is 9.65 Å². The molecule has 2 aromatic carbocycles. The number of nitrogens with zero attached hydrogens (tertiary/aromatic N) is 2. The van der Waals surface area contributed by atoms with E-state index in [4.69, 9.17) is 21.6 Å². The molecular formula is C13H5ClF2N2O3. The van der Waals surface area contributed by atoms with E-state index in [1.165, 1.54) is 18.2 Å². The van der Waals surface area contributed by atoms with Crippen molar-refractivity contribution in [3.63, 3.8) is 0 Å². The molecule has 0 radical (unpaired) electrons. The van der Waals surface area contributed by atoms with E-state index in [0.717, 1.165) is 6.07 Å².